The number of esters is 1. The topological polar surface area (TPSA) is 84.9 Å². The Labute approximate surface area is 354 Å². The fourth-order valence-corrected chi connectivity index (χ4v) is 7.87. The predicted octanol–water partition coefficient (Wildman–Crippen LogP) is 13.9. The molecule has 0 bridgehead atoms. The highest BCUT2D eigenvalue weighted by molar-refractivity contribution is 5.78. The first-order valence-corrected chi connectivity index (χ1v) is 24.7. The molecule has 0 aliphatic carbocycles. The third kappa shape index (κ3) is 35.8. The van der Waals surface area contributed by atoms with E-state index in [1.54, 1.807) is 0 Å². The normalized spacial score (nSPS) is 12.1. The zero-order valence-corrected chi connectivity index (χ0v) is 39.0. The molecule has 0 rings (SSSR count). The Kier molecular flexibility index (Phi) is 39.6. The van der Waals surface area contributed by atoms with Crippen molar-refractivity contribution in [2.45, 2.75) is 259 Å². The van der Waals surface area contributed by atoms with Gasteiger partial charge in [0.2, 0.25) is 5.91 Å². The molecule has 57 heavy (non-hydrogen) atoms. The quantitative estimate of drug-likeness (QED) is 0.0286. The maximum absolute atomic E-state index is 12.9. The summed E-state index contributed by atoms with van der Waals surface area (Å²) in [5, 5.41) is 3.37. The molecule has 0 heterocycles. The molecule has 0 radical (unpaired) electrons. The number of allylic oxidation sites excluding steroid dienone is 1. The van der Waals surface area contributed by atoms with Crippen LogP contribution in [0.25, 0.3) is 0 Å². The van der Waals surface area contributed by atoms with Gasteiger partial charge in [0.15, 0.2) is 11.7 Å². The van der Waals surface area contributed by atoms with E-state index < -0.39 is 0 Å². The Bertz CT molecular complexity index is 944. The molecule has 0 saturated carbocycles. The van der Waals surface area contributed by atoms with Gasteiger partial charge in [0, 0.05) is 24.9 Å². The highest BCUT2D eigenvalue weighted by Gasteiger charge is 2.17. The summed E-state index contributed by atoms with van der Waals surface area (Å²) in [5.41, 5.74) is 0. The molecular weight excluding hydrogens is 709 g/mol. The molecule has 0 aromatic rings. The minimum absolute atomic E-state index is 0.00650. The average molecular weight is 805 g/mol. The molecule has 0 aliphatic rings. The SMILES string of the molecule is CCCCCC(CCCCC)CC(=O)OCCCCCCCCCC(CCCCCCCOC(=C=O)CC(CCCCC)CCCCC)NC(=O)CN(C)C(C)C. The van der Waals surface area contributed by atoms with Crippen LogP contribution in [0.5, 0.6) is 0 Å². The molecule has 0 fully saturated rings. The molecule has 0 spiro atoms. The number of nitrogens with zero attached hydrogens (tertiary/aromatic N) is 1. The van der Waals surface area contributed by atoms with Crippen molar-refractivity contribution in [2.24, 2.45) is 11.8 Å². The van der Waals surface area contributed by atoms with Crippen molar-refractivity contribution in [1.29, 1.82) is 0 Å². The fourth-order valence-electron chi connectivity index (χ4n) is 7.87. The lowest BCUT2D eigenvalue weighted by Crippen LogP contribution is -2.42. The van der Waals surface area contributed by atoms with Crippen molar-refractivity contribution >= 4 is 17.8 Å². The predicted molar refractivity (Wildman–Crippen MR) is 243 cm³/mol. The van der Waals surface area contributed by atoms with E-state index in [9.17, 15) is 14.4 Å². The number of hydrogen-bond donors (Lipinski definition) is 1. The lowest BCUT2D eigenvalue weighted by atomic mass is 9.91. The molecular formula is C50H96N2O5. The molecule has 0 aliphatic heterocycles. The van der Waals surface area contributed by atoms with E-state index in [4.69, 9.17) is 9.47 Å². The van der Waals surface area contributed by atoms with Gasteiger partial charge in [-0.3, -0.25) is 14.5 Å². The second-order valence-corrected chi connectivity index (χ2v) is 17.8. The summed E-state index contributed by atoms with van der Waals surface area (Å²) < 4.78 is 11.6. The Morgan fingerprint density at radius 2 is 0.912 bits per heavy atom. The molecule has 336 valence electrons. The Hall–Kier alpha value is -1.85. The maximum atomic E-state index is 12.9. The van der Waals surface area contributed by atoms with Gasteiger partial charge in [-0.15, -0.1) is 0 Å². The van der Waals surface area contributed by atoms with Gasteiger partial charge in [0.25, 0.3) is 0 Å². The highest BCUT2D eigenvalue weighted by atomic mass is 16.5. The van der Waals surface area contributed by atoms with Crippen LogP contribution in [0.4, 0.5) is 0 Å². The van der Waals surface area contributed by atoms with E-state index >= 15 is 0 Å². The number of nitrogens with one attached hydrogen (secondary N) is 1. The van der Waals surface area contributed by atoms with Crippen molar-refractivity contribution in [3.05, 3.63) is 5.76 Å². The summed E-state index contributed by atoms with van der Waals surface area (Å²) >= 11 is 0. The summed E-state index contributed by atoms with van der Waals surface area (Å²) in [6, 6.07) is 0.575. The summed E-state index contributed by atoms with van der Waals surface area (Å²) in [6.45, 7) is 14.8. The third-order valence-corrected chi connectivity index (χ3v) is 12.0. The standard InChI is InChI=1S/C50H96N2O5/c1-8-12-24-32-45(33-25-13-9-2)40-48(43-53)56-38-30-23-19-21-29-37-47(51-49(54)42-52(7)44(5)6)36-28-20-17-16-18-22-31-39-57-50(55)41-46(34-26-14-10-3)35-27-15-11-4/h44-47H,8-42H2,1-7H3,(H,51,54). The molecule has 1 atom stereocenters. The van der Waals surface area contributed by atoms with Gasteiger partial charge in [-0.1, -0.05) is 169 Å². The van der Waals surface area contributed by atoms with E-state index in [1.807, 2.05) is 7.05 Å². The number of likely N-dealkylation sites (N-methyl/N-ethyl adjacent to an activating group) is 1. The lowest BCUT2D eigenvalue weighted by molar-refractivity contribution is -0.145. The molecule has 7 heteroatoms. The van der Waals surface area contributed by atoms with Crippen LogP contribution in [0, 0.1) is 11.8 Å². The van der Waals surface area contributed by atoms with Gasteiger partial charge >= 0.3 is 5.97 Å². The van der Waals surface area contributed by atoms with Crippen molar-refractivity contribution in [2.75, 3.05) is 26.8 Å². The van der Waals surface area contributed by atoms with Gasteiger partial charge in [0.05, 0.1) is 19.8 Å². The molecule has 0 aromatic carbocycles. The van der Waals surface area contributed by atoms with Crippen molar-refractivity contribution in [3.63, 3.8) is 0 Å². The lowest BCUT2D eigenvalue weighted by Gasteiger charge is -2.23. The number of ether oxygens (including phenoxy) is 2. The monoisotopic (exact) mass is 805 g/mol. The summed E-state index contributed by atoms with van der Waals surface area (Å²) in [4.78, 5) is 39.2. The largest absolute Gasteiger partial charge is 0.487 e. The number of carbonyl (C=O) groups excluding carboxylic acids is 3. The van der Waals surface area contributed by atoms with E-state index in [2.05, 4.69) is 57.7 Å². The van der Waals surface area contributed by atoms with Gasteiger partial charge in [-0.05, 0) is 84.1 Å². The maximum Gasteiger partial charge on any atom is 0.306 e. The molecule has 0 saturated heterocycles. The second kappa shape index (κ2) is 40.9. The van der Waals surface area contributed by atoms with Crippen LogP contribution >= 0.6 is 0 Å². The van der Waals surface area contributed by atoms with Crippen LogP contribution in [0.1, 0.15) is 247 Å². The minimum Gasteiger partial charge on any atom is -0.487 e. The Balaban J connectivity index is 4.42. The second-order valence-electron chi connectivity index (χ2n) is 17.8. The zero-order chi connectivity index (χ0) is 42.2. The van der Waals surface area contributed by atoms with Crippen molar-refractivity contribution in [3.8, 4) is 0 Å². The number of unbranched alkanes of at least 4 members (excludes halogenated alkanes) is 18. The fraction of sp³-hybridized carbons (Fsp3) is 0.920. The first-order chi connectivity index (χ1) is 27.7. The number of rotatable bonds is 43. The first kappa shape index (κ1) is 55.2. The Morgan fingerprint density at radius 1 is 0.526 bits per heavy atom. The van der Waals surface area contributed by atoms with Gasteiger partial charge < -0.3 is 14.8 Å². The van der Waals surface area contributed by atoms with Crippen LogP contribution < -0.4 is 5.32 Å². The molecule has 7 nitrogen and oxygen atoms in total. The molecule has 1 unspecified atom stereocenters. The van der Waals surface area contributed by atoms with Crippen molar-refractivity contribution in [1.82, 2.24) is 10.2 Å². The van der Waals surface area contributed by atoms with Gasteiger partial charge in [-0.25, -0.2) is 4.79 Å². The molecule has 1 amide bonds. The summed E-state index contributed by atoms with van der Waals surface area (Å²) in [5.74, 6) is 3.82. The average Bonchev–Trinajstić information content (AvgIpc) is 3.18. The number of amides is 1. The first-order valence-electron chi connectivity index (χ1n) is 24.7. The van der Waals surface area contributed by atoms with Gasteiger partial charge in [0.1, 0.15) is 0 Å². The van der Waals surface area contributed by atoms with E-state index in [0.717, 1.165) is 83.5 Å². The zero-order valence-electron chi connectivity index (χ0n) is 39.0. The minimum atomic E-state index is 0.00650. The van der Waals surface area contributed by atoms with E-state index in [0.29, 0.717) is 49.8 Å². The van der Waals surface area contributed by atoms with Crippen LogP contribution in [0.15, 0.2) is 5.76 Å². The van der Waals surface area contributed by atoms with Crippen LogP contribution in [-0.2, 0) is 23.9 Å². The van der Waals surface area contributed by atoms with E-state index in [-0.39, 0.29) is 17.9 Å². The van der Waals surface area contributed by atoms with E-state index in [1.165, 1.54) is 116 Å². The smallest absolute Gasteiger partial charge is 0.306 e. The molecule has 1 N–H and O–H groups in total. The number of carbonyl (C=O) groups is 2. The van der Waals surface area contributed by atoms with Crippen LogP contribution in [-0.4, -0.2) is 61.6 Å². The van der Waals surface area contributed by atoms with Crippen molar-refractivity contribution < 1.29 is 23.9 Å². The van der Waals surface area contributed by atoms with Crippen LogP contribution in [0.3, 0.4) is 0 Å². The highest BCUT2D eigenvalue weighted by Crippen LogP contribution is 2.25. The third-order valence-electron chi connectivity index (χ3n) is 12.0. The summed E-state index contributed by atoms with van der Waals surface area (Å²) in [6.07, 6.45) is 36.5. The Morgan fingerprint density at radius 3 is 1.33 bits per heavy atom. The molecule has 0 aromatic heterocycles. The van der Waals surface area contributed by atoms with Crippen LogP contribution in [0.2, 0.25) is 0 Å². The van der Waals surface area contributed by atoms with Gasteiger partial charge in [-0.2, -0.15) is 0 Å². The summed E-state index contributed by atoms with van der Waals surface area (Å²) in [7, 11) is 2.01. The number of hydrogen-bond acceptors (Lipinski definition) is 6.